The zero-order valence-electron chi connectivity index (χ0n) is 15.3. The first kappa shape index (κ1) is 20.5. The van der Waals surface area contributed by atoms with Crippen molar-refractivity contribution in [3.05, 3.63) is 12.1 Å². The number of amides is 2. The number of nitrogens with one attached hydrogen (secondary N) is 1. The van der Waals surface area contributed by atoms with E-state index in [1.165, 1.54) is 0 Å². The quantitative estimate of drug-likeness (QED) is 0.616. The van der Waals surface area contributed by atoms with Crippen molar-refractivity contribution in [1.82, 2.24) is 15.3 Å². The third-order valence-electron chi connectivity index (χ3n) is 4.17. The van der Waals surface area contributed by atoms with Gasteiger partial charge in [0.05, 0.1) is 25.4 Å². The number of hydrogen-bond acceptors (Lipinski definition) is 7. The molecule has 8 nitrogen and oxygen atoms in total. The van der Waals surface area contributed by atoms with Gasteiger partial charge in [0.15, 0.2) is 11.4 Å². The lowest BCUT2D eigenvalue weighted by Gasteiger charge is -2.35. The van der Waals surface area contributed by atoms with Gasteiger partial charge < -0.3 is 25.3 Å². The fourth-order valence-electron chi connectivity index (χ4n) is 2.77. The number of pyridine rings is 1. The van der Waals surface area contributed by atoms with Crippen molar-refractivity contribution in [1.29, 1.82) is 0 Å². The topological polar surface area (TPSA) is 109 Å². The van der Waals surface area contributed by atoms with Gasteiger partial charge in [0.25, 0.3) is 11.6 Å². The molecule has 0 aromatic carbocycles. The highest BCUT2D eigenvalue weighted by molar-refractivity contribution is 7.19. The van der Waals surface area contributed by atoms with Crippen LogP contribution in [0.15, 0.2) is 12.1 Å². The number of halogens is 2. The second-order valence-electron chi connectivity index (χ2n) is 6.67. The van der Waals surface area contributed by atoms with Gasteiger partial charge in [-0.1, -0.05) is 11.3 Å². The van der Waals surface area contributed by atoms with Crippen LogP contribution in [0.4, 0.5) is 13.6 Å². The Balaban J connectivity index is 1.39. The van der Waals surface area contributed by atoms with Gasteiger partial charge in [-0.15, -0.1) is 0 Å². The van der Waals surface area contributed by atoms with E-state index >= 15 is 0 Å². The van der Waals surface area contributed by atoms with Gasteiger partial charge in [-0.05, 0) is 31.7 Å². The lowest BCUT2D eigenvalue weighted by molar-refractivity contribution is -0.0469. The molecule has 154 valence electrons. The van der Waals surface area contributed by atoms with Crippen molar-refractivity contribution >= 4 is 27.7 Å². The van der Waals surface area contributed by atoms with Gasteiger partial charge in [0.2, 0.25) is 5.88 Å². The standard InChI is InChI=1S/C17H22F2N4O4S/c1-9(21-16(20)24)6-25-11-4-10(5-11)7-26-14-3-2-12-15(23-14)28-17(22-12)27-8-13(18)19/h2-3,9-11,13H,4-8H2,1H3,(H3,20,21,24)/t9-,10?,11?/m0/s1. The number of carbonyl (C=O) groups excluding carboxylic acids is 1. The van der Waals surface area contributed by atoms with Crippen LogP contribution >= 0.6 is 11.3 Å². The number of fused-ring (bicyclic) bond motifs is 1. The van der Waals surface area contributed by atoms with E-state index in [9.17, 15) is 13.6 Å². The normalized spacial score (nSPS) is 20.0. The van der Waals surface area contributed by atoms with Crippen LogP contribution in [0.5, 0.6) is 11.1 Å². The maximum atomic E-state index is 12.2. The summed E-state index contributed by atoms with van der Waals surface area (Å²) in [6.45, 7) is 2.07. The molecule has 0 unspecified atom stereocenters. The molecule has 0 spiro atoms. The van der Waals surface area contributed by atoms with Crippen LogP contribution in [0.25, 0.3) is 10.3 Å². The molecule has 0 saturated heterocycles. The van der Waals surface area contributed by atoms with Crippen molar-refractivity contribution in [3.8, 4) is 11.1 Å². The third kappa shape index (κ3) is 5.86. The Morgan fingerprint density at radius 1 is 1.32 bits per heavy atom. The first-order valence-corrected chi connectivity index (χ1v) is 9.69. The Morgan fingerprint density at radius 3 is 2.82 bits per heavy atom. The lowest BCUT2D eigenvalue weighted by Crippen LogP contribution is -2.42. The molecule has 11 heteroatoms. The SMILES string of the molecule is C[C@@H](COC1CC(COc2ccc3nc(OCC(F)F)sc3n2)C1)NC(N)=O. The first-order chi connectivity index (χ1) is 13.4. The van der Waals surface area contributed by atoms with E-state index in [1.807, 2.05) is 6.92 Å². The van der Waals surface area contributed by atoms with E-state index < -0.39 is 19.1 Å². The molecule has 1 aliphatic rings. The molecule has 28 heavy (non-hydrogen) atoms. The van der Waals surface area contributed by atoms with E-state index in [1.54, 1.807) is 12.1 Å². The number of primary amides is 1. The molecule has 0 aliphatic heterocycles. The minimum absolute atomic E-state index is 0.127. The van der Waals surface area contributed by atoms with Gasteiger partial charge in [-0.25, -0.2) is 23.5 Å². The number of urea groups is 1. The predicted octanol–water partition coefficient (Wildman–Crippen LogP) is 2.57. The molecular weight excluding hydrogens is 394 g/mol. The van der Waals surface area contributed by atoms with Crippen molar-refractivity contribution in [2.45, 2.75) is 38.3 Å². The van der Waals surface area contributed by atoms with Crippen LogP contribution in [0, 0.1) is 5.92 Å². The van der Waals surface area contributed by atoms with Crippen LogP contribution in [-0.2, 0) is 4.74 Å². The van der Waals surface area contributed by atoms with Gasteiger partial charge in [0, 0.05) is 6.07 Å². The van der Waals surface area contributed by atoms with Crippen molar-refractivity contribution in [3.63, 3.8) is 0 Å². The number of carbonyl (C=O) groups is 1. The number of rotatable bonds is 10. The zero-order valence-corrected chi connectivity index (χ0v) is 16.1. The van der Waals surface area contributed by atoms with E-state index in [-0.39, 0.29) is 17.3 Å². The highest BCUT2D eigenvalue weighted by Crippen LogP contribution is 2.32. The molecule has 0 radical (unpaired) electrons. The summed E-state index contributed by atoms with van der Waals surface area (Å²) >= 11 is 1.10. The molecule has 2 heterocycles. The molecule has 1 atom stereocenters. The molecule has 0 bridgehead atoms. The van der Waals surface area contributed by atoms with Crippen LogP contribution in [0.3, 0.4) is 0 Å². The Hall–Kier alpha value is -2.27. The van der Waals surface area contributed by atoms with E-state index in [0.717, 1.165) is 24.2 Å². The van der Waals surface area contributed by atoms with Gasteiger partial charge in [0.1, 0.15) is 5.52 Å². The average Bonchev–Trinajstić information content (AvgIpc) is 2.99. The van der Waals surface area contributed by atoms with Gasteiger partial charge in [-0.2, -0.15) is 0 Å². The molecule has 2 amide bonds. The minimum Gasteiger partial charge on any atom is -0.477 e. The first-order valence-electron chi connectivity index (χ1n) is 8.88. The Bertz CT molecular complexity index is 801. The Labute approximate surface area is 164 Å². The maximum absolute atomic E-state index is 12.2. The summed E-state index contributed by atoms with van der Waals surface area (Å²) < 4.78 is 40.8. The summed E-state index contributed by atoms with van der Waals surface area (Å²) in [5.41, 5.74) is 5.64. The number of nitrogens with two attached hydrogens (primary N) is 1. The summed E-state index contributed by atoms with van der Waals surface area (Å²) in [7, 11) is 0. The predicted molar refractivity (Wildman–Crippen MR) is 99.1 cm³/mol. The van der Waals surface area contributed by atoms with E-state index in [4.69, 9.17) is 19.9 Å². The highest BCUT2D eigenvalue weighted by atomic mass is 32.1. The monoisotopic (exact) mass is 416 g/mol. The van der Waals surface area contributed by atoms with Gasteiger partial charge in [-0.3, -0.25) is 0 Å². The fourth-order valence-corrected chi connectivity index (χ4v) is 3.56. The van der Waals surface area contributed by atoms with Gasteiger partial charge >= 0.3 is 6.03 Å². The average molecular weight is 416 g/mol. The summed E-state index contributed by atoms with van der Waals surface area (Å²) in [5, 5.41) is 2.73. The van der Waals surface area contributed by atoms with E-state index in [2.05, 4.69) is 15.3 Å². The zero-order chi connectivity index (χ0) is 20.1. The molecule has 1 saturated carbocycles. The van der Waals surface area contributed by atoms with Crippen molar-refractivity contribution in [2.75, 3.05) is 19.8 Å². The maximum Gasteiger partial charge on any atom is 0.312 e. The lowest BCUT2D eigenvalue weighted by atomic mass is 9.83. The summed E-state index contributed by atoms with van der Waals surface area (Å²) in [6, 6.07) is 2.73. The molecular formula is C17H22F2N4O4S. The Kier molecular flexibility index (Phi) is 6.79. The summed E-state index contributed by atoms with van der Waals surface area (Å²) in [6.07, 6.45) is -0.649. The van der Waals surface area contributed by atoms with Crippen LogP contribution in [0.2, 0.25) is 0 Å². The second kappa shape index (κ2) is 9.28. The molecule has 3 N–H and O–H groups in total. The largest absolute Gasteiger partial charge is 0.477 e. The molecule has 1 fully saturated rings. The molecule has 2 aromatic rings. The number of aromatic nitrogens is 2. The summed E-state index contributed by atoms with van der Waals surface area (Å²) in [4.78, 5) is 19.8. The van der Waals surface area contributed by atoms with E-state index in [0.29, 0.717) is 35.4 Å². The molecule has 1 aliphatic carbocycles. The second-order valence-corrected chi connectivity index (χ2v) is 7.61. The van der Waals surface area contributed by atoms with Crippen LogP contribution < -0.4 is 20.5 Å². The minimum atomic E-state index is -2.54. The Morgan fingerprint density at radius 2 is 2.11 bits per heavy atom. The number of alkyl halides is 2. The third-order valence-corrected chi connectivity index (χ3v) is 5.05. The molecule has 2 aromatic heterocycles. The summed E-state index contributed by atoms with van der Waals surface area (Å²) in [5.74, 6) is 0.827. The van der Waals surface area contributed by atoms with Crippen molar-refractivity contribution in [2.24, 2.45) is 11.7 Å². The fraction of sp³-hybridized carbons (Fsp3) is 0.588. The smallest absolute Gasteiger partial charge is 0.312 e. The molecule has 3 rings (SSSR count). The number of nitrogens with zero attached hydrogens (tertiary/aromatic N) is 2. The van der Waals surface area contributed by atoms with Crippen LogP contribution in [0.1, 0.15) is 19.8 Å². The van der Waals surface area contributed by atoms with Crippen molar-refractivity contribution < 1.29 is 27.8 Å². The highest BCUT2D eigenvalue weighted by Gasteiger charge is 2.31. The number of hydrogen-bond donors (Lipinski definition) is 2. The number of ether oxygens (including phenoxy) is 3. The number of thiazole rings is 1. The van der Waals surface area contributed by atoms with Crippen LogP contribution in [-0.4, -0.2) is 54.4 Å².